The Bertz CT molecular complexity index is 752. The van der Waals surface area contributed by atoms with Crippen LogP contribution in [-0.2, 0) is 18.4 Å². The molecule has 0 aliphatic carbocycles. The minimum atomic E-state index is -0.391. The van der Waals surface area contributed by atoms with Crippen molar-refractivity contribution >= 4 is 17.5 Å². The fourth-order valence-corrected chi connectivity index (χ4v) is 2.06. The maximum Gasteiger partial charge on any atom is 0.257 e. The molecule has 7 heteroatoms. The van der Waals surface area contributed by atoms with E-state index in [4.69, 9.17) is 0 Å². The molecule has 2 amide bonds. The summed E-state index contributed by atoms with van der Waals surface area (Å²) in [5.74, 6) is -0.904. The summed E-state index contributed by atoms with van der Waals surface area (Å²) in [4.78, 5) is 25.3. The van der Waals surface area contributed by atoms with Crippen LogP contribution in [0.3, 0.4) is 0 Å². The largest absolute Gasteiger partial charge is 0.507 e. The number of hydrogen-bond donors (Lipinski definition) is 2. The normalized spacial score (nSPS) is 10.2. The van der Waals surface area contributed by atoms with Crippen LogP contribution in [-0.4, -0.2) is 38.6 Å². The molecule has 0 atom stereocenters. The number of phenolic OH excluding ortho intramolecular Hbond substituents is 1. The molecule has 0 fully saturated rings. The van der Waals surface area contributed by atoms with E-state index in [2.05, 4.69) is 17.0 Å². The van der Waals surface area contributed by atoms with Gasteiger partial charge in [-0.3, -0.25) is 14.3 Å². The number of anilines is 1. The number of nitrogens with one attached hydrogen (secondary N) is 1. The van der Waals surface area contributed by atoms with E-state index in [9.17, 15) is 14.7 Å². The highest BCUT2D eigenvalue weighted by molar-refractivity contribution is 6.01. The van der Waals surface area contributed by atoms with Gasteiger partial charge in [-0.1, -0.05) is 6.58 Å². The van der Waals surface area contributed by atoms with Crippen LogP contribution in [0.2, 0.25) is 0 Å². The molecule has 2 rings (SSSR count). The van der Waals surface area contributed by atoms with Crippen LogP contribution in [0.5, 0.6) is 5.75 Å². The van der Waals surface area contributed by atoms with Crippen LogP contribution in [0.25, 0.3) is 0 Å². The first-order chi connectivity index (χ1) is 10.9. The van der Waals surface area contributed by atoms with E-state index in [-0.39, 0.29) is 17.2 Å². The Labute approximate surface area is 133 Å². The summed E-state index contributed by atoms with van der Waals surface area (Å²) in [5.41, 5.74) is 1.37. The van der Waals surface area contributed by atoms with Crippen molar-refractivity contribution in [2.75, 3.05) is 12.4 Å². The number of benzene rings is 1. The molecule has 0 spiro atoms. The van der Waals surface area contributed by atoms with E-state index in [0.717, 1.165) is 11.8 Å². The van der Waals surface area contributed by atoms with Crippen LogP contribution in [0.15, 0.2) is 43.1 Å². The molecule has 0 aliphatic rings. The van der Waals surface area contributed by atoms with Gasteiger partial charge in [-0.25, -0.2) is 0 Å². The molecule has 1 aromatic heterocycles. The zero-order valence-electron chi connectivity index (χ0n) is 13.0. The van der Waals surface area contributed by atoms with E-state index in [0.29, 0.717) is 12.2 Å². The molecule has 2 N–H and O–H groups in total. The van der Waals surface area contributed by atoms with Crippen molar-refractivity contribution in [1.29, 1.82) is 0 Å². The Morgan fingerprint density at radius 1 is 1.43 bits per heavy atom. The average Bonchev–Trinajstić information content (AvgIpc) is 2.93. The molecule has 0 unspecified atom stereocenters. The van der Waals surface area contributed by atoms with Crippen LogP contribution in [0.4, 0.5) is 5.69 Å². The number of nitrogens with zero attached hydrogens (tertiary/aromatic N) is 3. The monoisotopic (exact) mass is 314 g/mol. The van der Waals surface area contributed by atoms with E-state index >= 15 is 0 Å². The zero-order chi connectivity index (χ0) is 17.0. The summed E-state index contributed by atoms with van der Waals surface area (Å²) in [7, 11) is 3.42. The number of hydrogen-bond acceptors (Lipinski definition) is 4. The topological polar surface area (TPSA) is 87.5 Å². The summed E-state index contributed by atoms with van der Waals surface area (Å²) in [6.45, 7) is 3.71. The van der Waals surface area contributed by atoms with Gasteiger partial charge in [0.15, 0.2) is 0 Å². The number of carbonyl (C=O) groups excluding carboxylic acids is 2. The summed E-state index contributed by atoms with van der Waals surface area (Å²) in [6.07, 6.45) is 2.78. The van der Waals surface area contributed by atoms with E-state index < -0.39 is 5.91 Å². The fraction of sp³-hybridized carbons (Fsp3) is 0.188. The van der Waals surface area contributed by atoms with E-state index in [1.54, 1.807) is 25.0 Å². The number of carbonyl (C=O) groups is 2. The molecule has 1 aromatic carbocycles. The highest BCUT2D eigenvalue weighted by Crippen LogP contribution is 2.23. The molecule has 23 heavy (non-hydrogen) atoms. The molecule has 0 aliphatic heterocycles. The van der Waals surface area contributed by atoms with Gasteiger partial charge in [-0.2, -0.15) is 5.10 Å². The number of aromatic nitrogens is 2. The minimum Gasteiger partial charge on any atom is -0.507 e. The van der Waals surface area contributed by atoms with Crippen molar-refractivity contribution in [1.82, 2.24) is 14.7 Å². The van der Waals surface area contributed by atoms with Crippen molar-refractivity contribution in [2.45, 2.75) is 6.54 Å². The average molecular weight is 314 g/mol. The molecule has 0 saturated heterocycles. The second kappa shape index (κ2) is 6.78. The third kappa shape index (κ3) is 3.76. The lowest BCUT2D eigenvalue weighted by Gasteiger charge is -2.18. The number of aryl methyl sites for hydroxylation is 1. The van der Waals surface area contributed by atoms with Crippen molar-refractivity contribution in [3.8, 4) is 5.75 Å². The summed E-state index contributed by atoms with van der Waals surface area (Å²) >= 11 is 0. The highest BCUT2D eigenvalue weighted by atomic mass is 16.3. The lowest BCUT2D eigenvalue weighted by molar-refractivity contribution is -0.111. The van der Waals surface area contributed by atoms with Gasteiger partial charge in [-0.15, -0.1) is 0 Å². The summed E-state index contributed by atoms with van der Waals surface area (Å²) in [5, 5.41) is 16.5. The van der Waals surface area contributed by atoms with E-state index in [1.807, 2.05) is 6.07 Å². The lowest BCUT2D eigenvalue weighted by atomic mass is 10.1. The number of phenols is 1. The van der Waals surface area contributed by atoms with Crippen molar-refractivity contribution in [3.63, 3.8) is 0 Å². The summed E-state index contributed by atoms with van der Waals surface area (Å²) in [6, 6.07) is 6.11. The van der Waals surface area contributed by atoms with Crippen LogP contribution >= 0.6 is 0 Å². The van der Waals surface area contributed by atoms with Gasteiger partial charge in [0.2, 0.25) is 5.91 Å². The standard InChI is InChI=1S/C16H18N4O3/c1-4-15(22)18-11-5-6-14(21)13(9-11)16(23)19(2)10-12-7-8-17-20(12)3/h4-9,21H,1,10H2,2-3H3,(H,18,22). The third-order valence-corrected chi connectivity index (χ3v) is 3.35. The van der Waals surface area contributed by atoms with Gasteiger partial charge in [-0.05, 0) is 30.3 Å². The first-order valence-corrected chi connectivity index (χ1v) is 6.91. The molecule has 7 nitrogen and oxygen atoms in total. The number of rotatable bonds is 5. The fourth-order valence-electron chi connectivity index (χ4n) is 2.06. The molecule has 0 radical (unpaired) electrons. The Hall–Kier alpha value is -3.09. The lowest BCUT2D eigenvalue weighted by Crippen LogP contribution is -2.27. The van der Waals surface area contributed by atoms with Gasteiger partial charge in [0, 0.05) is 26.0 Å². The summed E-state index contributed by atoms with van der Waals surface area (Å²) < 4.78 is 1.67. The van der Waals surface area contributed by atoms with Gasteiger partial charge < -0.3 is 15.3 Å². The molecule has 0 saturated carbocycles. The van der Waals surface area contributed by atoms with Crippen molar-refractivity contribution in [3.05, 3.63) is 54.4 Å². The Kier molecular flexibility index (Phi) is 4.80. The maximum atomic E-state index is 12.5. The second-order valence-corrected chi connectivity index (χ2v) is 5.03. The maximum absolute atomic E-state index is 12.5. The second-order valence-electron chi connectivity index (χ2n) is 5.03. The minimum absolute atomic E-state index is 0.108. The molecule has 2 aromatic rings. The van der Waals surface area contributed by atoms with Gasteiger partial charge in [0.25, 0.3) is 5.91 Å². The van der Waals surface area contributed by atoms with Crippen LogP contribution in [0, 0.1) is 0 Å². The Morgan fingerprint density at radius 3 is 2.78 bits per heavy atom. The molecule has 1 heterocycles. The quantitative estimate of drug-likeness (QED) is 0.647. The molecular weight excluding hydrogens is 296 g/mol. The number of amides is 2. The molecule has 0 bridgehead atoms. The van der Waals surface area contributed by atoms with E-state index in [1.165, 1.54) is 23.1 Å². The zero-order valence-corrected chi connectivity index (χ0v) is 13.0. The third-order valence-electron chi connectivity index (χ3n) is 3.35. The predicted molar refractivity (Wildman–Crippen MR) is 85.9 cm³/mol. The predicted octanol–water partition coefficient (Wildman–Crippen LogP) is 1.52. The highest BCUT2D eigenvalue weighted by Gasteiger charge is 2.18. The first-order valence-electron chi connectivity index (χ1n) is 6.91. The van der Waals surface area contributed by atoms with Crippen molar-refractivity contribution < 1.29 is 14.7 Å². The van der Waals surface area contributed by atoms with Gasteiger partial charge in [0.05, 0.1) is 17.8 Å². The van der Waals surface area contributed by atoms with Gasteiger partial charge >= 0.3 is 0 Å². The molecule has 120 valence electrons. The van der Waals surface area contributed by atoms with Crippen molar-refractivity contribution in [2.24, 2.45) is 7.05 Å². The first kappa shape index (κ1) is 16.3. The number of aromatic hydroxyl groups is 1. The Balaban J connectivity index is 2.20. The Morgan fingerprint density at radius 2 is 2.17 bits per heavy atom. The van der Waals surface area contributed by atoms with Gasteiger partial charge in [0.1, 0.15) is 5.75 Å². The van der Waals surface area contributed by atoms with Crippen LogP contribution < -0.4 is 5.32 Å². The SMILES string of the molecule is C=CC(=O)Nc1ccc(O)c(C(=O)N(C)Cc2ccnn2C)c1. The van der Waals surface area contributed by atoms with Crippen LogP contribution in [0.1, 0.15) is 16.1 Å². The smallest absolute Gasteiger partial charge is 0.257 e. The molecular formula is C16H18N4O3.